The monoisotopic (exact) mass is 293 g/mol. The normalized spacial score (nSPS) is 25.6. The van der Waals surface area contributed by atoms with Crippen LogP contribution in [-0.4, -0.2) is 59.2 Å². The number of nitrogens with zero attached hydrogens (tertiary/aromatic N) is 1. The molecule has 0 aromatic heterocycles. The summed E-state index contributed by atoms with van der Waals surface area (Å²) < 4.78 is 33.4. The van der Waals surface area contributed by atoms with E-state index in [0.29, 0.717) is 44.6 Å². The zero-order chi connectivity index (χ0) is 14.3. The van der Waals surface area contributed by atoms with Gasteiger partial charge < -0.3 is 10.1 Å². The van der Waals surface area contributed by atoms with E-state index in [2.05, 4.69) is 23.9 Å². The predicted molar refractivity (Wildman–Crippen MR) is 76.2 cm³/mol. The Balaban J connectivity index is 2.30. The molecule has 1 aliphatic rings. The van der Waals surface area contributed by atoms with Crippen LogP contribution in [0.4, 0.5) is 0 Å². The second kappa shape index (κ2) is 8.16. The first-order valence-corrected chi connectivity index (χ1v) is 8.34. The van der Waals surface area contributed by atoms with E-state index in [9.17, 15) is 8.42 Å². The summed E-state index contributed by atoms with van der Waals surface area (Å²) in [7, 11) is -1.69. The van der Waals surface area contributed by atoms with Crippen LogP contribution in [0.2, 0.25) is 0 Å². The molecule has 1 heterocycles. The molecule has 0 aromatic carbocycles. The average Bonchev–Trinajstić information content (AvgIpc) is 2.32. The molecule has 1 fully saturated rings. The highest BCUT2D eigenvalue weighted by atomic mass is 32.2. The topological polar surface area (TPSA) is 70.7 Å². The molecule has 114 valence electrons. The number of methoxy groups -OCH3 is 1. The molecule has 7 heteroatoms. The van der Waals surface area contributed by atoms with Gasteiger partial charge in [0.1, 0.15) is 0 Å². The lowest BCUT2D eigenvalue weighted by Crippen LogP contribution is -2.49. The van der Waals surface area contributed by atoms with Gasteiger partial charge in [-0.05, 0) is 18.3 Å². The minimum atomic E-state index is -3.33. The van der Waals surface area contributed by atoms with E-state index in [-0.39, 0.29) is 0 Å². The van der Waals surface area contributed by atoms with Gasteiger partial charge >= 0.3 is 0 Å². The second-order valence-electron chi connectivity index (χ2n) is 5.41. The molecule has 2 unspecified atom stereocenters. The number of hydrogen-bond acceptors (Lipinski definition) is 4. The maximum atomic E-state index is 12.1. The van der Waals surface area contributed by atoms with E-state index >= 15 is 0 Å². The SMILES string of the molecule is COCCNCCNS(=O)(=O)N1CC(C)CC(C)C1. The smallest absolute Gasteiger partial charge is 0.279 e. The fourth-order valence-corrected chi connectivity index (χ4v) is 3.90. The third-order valence-electron chi connectivity index (χ3n) is 3.24. The quantitative estimate of drug-likeness (QED) is 0.620. The molecule has 0 spiro atoms. The van der Waals surface area contributed by atoms with Crippen LogP contribution in [0.15, 0.2) is 0 Å². The van der Waals surface area contributed by atoms with Crippen LogP contribution >= 0.6 is 0 Å². The lowest BCUT2D eigenvalue weighted by atomic mass is 9.94. The molecule has 0 saturated carbocycles. The van der Waals surface area contributed by atoms with E-state index in [4.69, 9.17) is 4.74 Å². The summed E-state index contributed by atoms with van der Waals surface area (Å²) in [6.07, 6.45) is 1.10. The van der Waals surface area contributed by atoms with Gasteiger partial charge in [-0.2, -0.15) is 12.7 Å². The van der Waals surface area contributed by atoms with Crippen LogP contribution in [0.1, 0.15) is 20.3 Å². The number of rotatable bonds is 8. The Kier molecular flexibility index (Phi) is 7.23. The van der Waals surface area contributed by atoms with Crippen molar-refractivity contribution in [3.05, 3.63) is 0 Å². The van der Waals surface area contributed by atoms with Crippen LogP contribution < -0.4 is 10.0 Å². The molecule has 0 radical (unpaired) electrons. The molecule has 2 atom stereocenters. The molecule has 1 rings (SSSR count). The van der Waals surface area contributed by atoms with Crippen molar-refractivity contribution >= 4 is 10.2 Å². The van der Waals surface area contributed by atoms with Gasteiger partial charge in [0.05, 0.1) is 6.61 Å². The minimum Gasteiger partial charge on any atom is -0.383 e. The van der Waals surface area contributed by atoms with Crippen molar-refractivity contribution in [3.8, 4) is 0 Å². The van der Waals surface area contributed by atoms with Crippen LogP contribution in [-0.2, 0) is 14.9 Å². The molecule has 1 saturated heterocycles. The third kappa shape index (κ3) is 6.18. The van der Waals surface area contributed by atoms with Crippen molar-refractivity contribution in [3.63, 3.8) is 0 Å². The van der Waals surface area contributed by atoms with Gasteiger partial charge in [0.15, 0.2) is 0 Å². The van der Waals surface area contributed by atoms with Gasteiger partial charge in [0.25, 0.3) is 10.2 Å². The Hall–Kier alpha value is -0.210. The molecule has 19 heavy (non-hydrogen) atoms. The van der Waals surface area contributed by atoms with E-state index in [1.807, 2.05) is 0 Å². The van der Waals surface area contributed by atoms with Crippen LogP contribution in [0, 0.1) is 11.8 Å². The Bertz CT molecular complexity index is 338. The maximum absolute atomic E-state index is 12.1. The first-order valence-electron chi connectivity index (χ1n) is 6.90. The summed E-state index contributed by atoms with van der Waals surface area (Å²) in [6.45, 7) is 7.83. The van der Waals surface area contributed by atoms with Crippen LogP contribution in [0.3, 0.4) is 0 Å². The molecular formula is C12H27N3O3S. The van der Waals surface area contributed by atoms with Gasteiger partial charge in [0, 0.05) is 39.8 Å². The fourth-order valence-electron chi connectivity index (χ4n) is 2.46. The molecule has 2 N–H and O–H groups in total. The highest BCUT2D eigenvalue weighted by Crippen LogP contribution is 2.22. The summed E-state index contributed by atoms with van der Waals surface area (Å²) in [5.41, 5.74) is 0. The standard InChI is InChI=1S/C12H27N3O3S/c1-11-8-12(2)10-15(9-11)19(16,17)14-5-4-13-6-7-18-3/h11-14H,4-10H2,1-3H3. The van der Waals surface area contributed by atoms with Gasteiger partial charge in [-0.25, -0.2) is 4.72 Å². The van der Waals surface area contributed by atoms with E-state index < -0.39 is 10.2 Å². The summed E-state index contributed by atoms with van der Waals surface area (Å²) in [5.74, 6) is 0.861. The third-order valence-corrected chi connectivity index (χ3v) is 4.79. The van der Waals surface area contributed by atoms with Crippen LogP contribution in [0.5, 0.6) is 0 Å². The van der Waals surface area contributed by atoms with Crippen molar-refractivity contribution in [1.82, 2.24) is 14.3 Å². The average molecular weight is 293 g/mol. The van der Waals surface area contributed by atoms with Crippen LogP contribution in [0.25, 0.3) is 0 Å². The predicted octanol–water partition coefficient (Wildman–Crippen LogP) is 0.0347. The highest BCUT2D eigenvalue weighted by Gasteiger charge is 2.29. The molecule has 0 bridgehead atoms. The van der Waals surface area contributed by atoms with Crippen molar-refractivity contribution in [1.29, 1.82) is 0 Å². The lowest BCUT2D eigenvalue weighted by molar-refractivity contribution is 0.199. The molecule has 6 nitrogen and oxygen atoms in total. The van der Waals surface area contributed by atoms with E-state index in [1.54, 1.807) is 11.4 Å². The van der Waals surface area contributed by atoms with E-state index in [0.717, 1.165) is 13.0 Å². The minimum absolute atomic E-state index is 0.408. The van der Waals surface area contributed by atoms with Crippen molar-refractivity contribution in [2.75, 3.05) is 46.4 Å². The van der Waals surface area contributed by atoms with Gasteiger partial charge in [-0.1, -0.05) is 13.8 Å². The maximum Gasteiger partial charge on any atom is 0.279 e. The summed E-state index contributed by atoms with van der Waals surface area (Å²) in [5, 5.41) is 3.11. The first kappa shape index (κ1) is 16.8. The number of hydrogen-bond donors (Lipinski definition) is 2. The lowest BCUT2D eigenvalue weighted by Gasteiger charge is -2.33. The highest BCUT2D eigenvalue weighted by molar-refractivity contribution is 7.87. The molecular weight excluding hydrogens is 266 g/mol. The number of nitrogens with one attached hydrogen (secondary N) is 2. The summed E-state index contributed by atoms with van der Waals surface area (Å²) in [4.78, 5) is 0. The fraction of sp³-hybridized carbons (Fsp3) is 1.00. The largest absolute Gasteiger partial charge is 0.383 e. The van der Waals surface area contributed by atoms with Crippen molar-refractivity contribution in [2.45, 2.75) is 20.3 Å². The Morgan fingerprint density at radius 1 is 1.16 bits per heavy atom. The molecule has 0 aromatic rings. The molecule has 1 aliphatic heterocycles. The Morgan fingerprint density at radius 2 is 1.79 bits per heavy atom. The molecule has 0 aliphatic carbocycles. The second-order valence-corrected chi connectivity index (χ2v) is 7.16. The van der Waals surface area contributed by atoms with Crippen molar-refractivity contribution in [2.24, 2.45) is 11.8 Å². The van der Waals surface area contributed by atoms with Crippen molar-refractivity contribution < 1.29 is 13.2 Å². The zero-order valence-corrected chi connectivity index (χ0v) is 13.0. The zero-order valence-electron chi connectivity index (χ0n) is 12.2. The molecule has 0 amide bonds. The van der Waals surface area contributed by atoms with E-state index in [1.165, 1.54) is 0 Å². The Morgan fingerprint density at radius 3 is 2.37 bits per heavy atom. The summed E-state index contributed by atoms with van der Waals surface area (Å²) in [6, 6.07) is 0. The van der Waals surface area contributed by atoms with Gasteiger partial charge in [0.2, 0.25) is 0 Å². The Labute approximate surface area is 117 Å². The van der Waals surface area contributed by atoms with Gasteiger partial charge in [-0.3, -0.25) is 0 Å². The number of ether oxygens (including phenoxy) is 1. The first-order chi connectivity index (χ1) is 8.95. The summed E-state index contributed by atoms with van der Waals surface area (Å²) >= 11 is 0. The number of piperidine rings is 1. The van der Waals surface area contributed by atoms with Gasteiger partial charge in [-0.15, -0.1) is 0 Å².